The number of nitrogens with one attached hydrogen (secondary N) is 2. The van der Waals surface area contributed by atoms with Crippen LogP contribution in [0.3, 0.4) is 0 Å². The molecule has 0 spiro atoms. The summed E-state index contributed by atoms with van der Waals surface area (Å²) in [4.78, 5) is 8.29. The molecule has 1 unspecified atom stereocenters. The Hall–Kier alpha value is -1.85. The highest BCUT2D eigenvalue weighted by Gasteiger charge is 2.20. The van der Waals surface area contributed by atoms with Crippen molar-refractivity contribution in [1.29, 1.82) is 0 Å². The third-order valence-corrected chi connectivity index (χ3v) is 5.75. The van der Waals surface area contributed by atoms with Gasteiger partial charge in [0.25, 0.3) is 0 Å². The maximum atomic E-state index is 4.34. The van der Waals surface area contributed by atoms with Gasteiger partial charge in [0, 0.05) is 44.1 Å². The lowest BCUT2D eigenvalue weighted by molar-refractivity contribution is 0.191. The van der Waals surface area contributed by atoms with Crippen LogP contribution in [-0.2, 0) is 19.4 Å². The summed E-state index contributed by atoms with van der Waals surface area (Å²) in [5, 5.41) is 9.01. The van der Waals surface area contributed by atoms with Gasteiger partial charge in [-0.25, -0.2) is 0 Å². The van der Waals surface area contributed by atoms with E-state index in [-0.39, 0.29) is 0 Å². The predicted molar refractivity (Wildman–Crippen MR) is 107 cm³/mol. The fraction of sp³-hybridized carbons (Fsp3) is 0.450. The number of thiophene rings is 1. The van der Waals surface area contributed by atoms with Crippen LogP contribution < -0.4 is 10.6 Å². The molecule has 25 heavy (non-hydrogen) atoms. The van der Waals surface area contributed by atoms with Crippen LogP contribution >= 0.6 is 11.3 Å². The van der Waals surface area contributed by atoms with Crippen molar-refractivity contribution in [3.8, 4) is 0 Å². The van der Waals surface area contributed by atoms with Crippen LogP contribution in [0.25, 0.3) is 0 Å². The summed E-state index contributed by atoms with van der Waals surface area (Å²) in [7, 11) is 1.84. The van der Waals surface area contributed by atoms with Crippen molar-refractivity contribution in [3.63, 3.8) is 0 Å². The maximum Gasteiger partial charge on any atom is 0.191 e. The molecule has 0 bridgehead atoms. The summed E-state index contributed by atoms with van der Waals surface area (Å²) in [5.41, 5.74) is 2.98. The summed E-state index contributed by atoms with van der Waals surface area (Å²) >= 11 is 1.81. The molecule has 2 heterocycles. The Morgan fingerprint density at radius 2 is 2.04 bits per heavy atom. The van der Waals surface area contributed by atoms with Gasteiger partial charge in [0.2, 0.25) is 0 Å². The number of hydrogen-bond acceptors (Lipinski definition) is 3. The van der Waals surface area contributed by atoms with Gasteiger partial charge in [0.1, 0.15) is 0 Å². The van der Waals surface area contributed by atoms with E-state index in [9.17, 15) is 0 Å². The second kappa shape index (κ2) is 9.02. The molecule has 0 aliphatic carbocycles. The quantitative estimate of drug-likeness (QED) is 0.618. The minimum Gasteiger partial charge on any atom is -0.356 e. The second-order valence-electron chi connectivity index (χ2n) is 6.55. The van der Waals surface area contributed by atoms with E-state index >= 15 is 0 Å². The fourth-order valence-electron chi connectivity index (χ4n) is 3.25. The molecule has 0 amide bonds. The summed E-state index contributed by atoms with van der Waals surface area (Å²) in [5.74, 6) is 0.890. The number of fused-ring (bicyclic) bond motifs is 1. The van der Waals surface area contributed by atoms with Gasteiger partial charge in [-0.05, 0) is 42.3 Å². The van der Waals surface area contributed by atoms with E-state index in [1.807, 2.05) is 7.05 Å². The van der Waals surface area contributed by atoms with Crippen molar-refractivity contribution in [2.24, 2.45) is 4.99 Å². The molecule has 4 nitrogen and oxygen atoms in total. The molecular weight excluding hydrogens is 328 g/mol. The third kappa shape index (κ3) is 5.06. The lowest BCUT2D eigenvalue weighted by Gasteiger charge is -2.34. The van der Waals surface area contributed by atoms with Crippen molar-refractivity contribution >= 4 is 17.3 Å². The fourth-order valence-corrected chi connectivity index (χ4v) is 3.96. The normalized spacial score (nSPS) is 16.3. The van der Waals surface area contributed by atoms with Crippen LogP contribution in [0.2, 0.25) is 0 Å². The van der Waals surface area contributed by atoms with Crippen molar-refractivity contribution in [2.75, 3.05) is 26.7 Å². The number of hydrogen-bond donors (Lipinski definition) is 2. The van der Waals surface area contributed by atoms with E-state index in [4.69, 9.17) is 0 Å². The Balaban J connectivity index is 1.42. The smallest absolute Gasteiger partial charge is 0.191 e. The van der Waals surface area contributed by atoms with Crippen LogP contribution in [0, 0.1) is 0 Å². The number of nitrogens with zero attached hydrogens (tertiary/aromatic N) is 2. The maximum absolute atomic E-state index is 4.34. The zero-order valence-corrected chi connectivity index (χ0v) is 16.0. The summed E-state index contributed by atoms with van der Waals surface area (Å²) < 4.78 is 0. The second-order valence-corrected chi connectivity index (χ2v) is 7.58. The zero-order chi connectivity index (χ0) is 17.5. The molecule has 1 aromatic heterocycles. The van der Waals surface area contributed by atoms with Crippen LogP contribution in [-0.4, -0.2) is 43.6 Å². The first-order valence-electron chi connectivity index (χ1n) is 9.04. The first-order valence-corrected chi connectivity index (χ1v) is 9.92. The van der Waals surface area contributed by atoms with E-state index in [2.05, 4.69) is 69.2 Å². The summed E-state index contributed by atoms with van der Waals surface area (Å²) in [6, 6.07) is 13.6. The van der Waals surface area contributed by atoms with E-state index in [1.54, 1.807) is 11.3 Å². The summed E-state index contributed by atoms with van der Waals surface area (Å²) in [6.45, 7) is 6.28. The zero-order valence-electron chi connectivity index (χ0n) is 15.2. The molecule has 1 aliphatic rings. The molecule has 0 radical (unpaired) electrons. The van der Waals surface area contributed by atoms with Crippen LogP contribution in [0.1, 0.15) is 22.9 Å². The number of rotatable bonds is 6. The topological polar surface area (TPSA) is 39.7 Å². The van der Waals surface area contributed by atoms with Crippen LogP contribution in [0.15, 0.2) is 46.8 Å². The average molecular weight is 357 g/mol. The van der Waals surface area contributed by atoms with E-state index in [0.717, 1.165) is 45.0 Å². The Morgan fingerprint density at radius 3 is 2.80 bits per heavy atom. The van der Waals surface area contributed by atoms with Gasteiger partial charge in [-0.1, -0.05) is 30.3 Å². The highest BCUT2D eigenvalue weighted by Crippen LogP contribution is 2.19. The molecule has 0 saturated heterocycles. The Kier molecular flexibility index (Phi) is 6.48. The molecule has 5 heteroatoms. The van der Waals surface area contributed by atoms with E-state index < -0.39 is 0 Å². The lowest BCUT2D eigenvalue weighted by Crippen LogP contribution is -2.47. The minimum absolute atomic E-state index is 0.476. The van der Waals surface area contributed by atoms with Crippen molar-refractivity contribution in [1.82, 2.24) is 15.5 Å². The lowest BCUT2D eigenvalue weighted by atomic mass is 9.99. The Bertz CT molecular complexity index is 681. The average Bonchev–Trinajstić information content (AvgIpc) is 3.17. The molecule has 1 atom stereocenters. The van der Waals surface area contributed by atoms with Gasteiger partial charge in [-0.15, -0.1) is 11.3 Å². The molecule has 2 aromatic rings. The monoisotopic (exact) mass is 356 g/mol. The van der Waals surface area contributed by atoms with Crippen LogP contribution in [0.4, 0.5) is 0 Å². The molecule has 1 aliphatic heterocycles. The van der Waals surface area contributed by atoms with Gasteiger partial charge in [0.15, 0.2) is 5.96 Å². The van der Waals surface area contributed by atoms with Gasteiger partial charge in [-0.3, -0.25) is 9.89 Å². The number of guanidine groups is 1. The highest BCUT2D eigenvalue weighted by molar-refractivity contribution is 7.09. The van der Waals surface area contributed by atoms with Crippen molar-refractivity contribution in [3.05, 3.63) is 57.8 Å². The number of aliphatic imine (C=N–C) groups is 1. The first-order chi connectivity index (χ1) is 12.3. The van der Waals surface area contributed by atoms with E-state index in [1.165, 1.54) is 16.0 Å². The number of benzene rings is 1. The third-order valence-electron chi connectivity index (χ3n) is 4.82. The van der Waals surface area contributed by atoms with Crippen molar-refractivity contribution < 1.29 is 0 Å². The van der Waals surface area contributed by atoms with Crippen LogP contribution in [0.5, 0.6) is 0 Å². The molecule has 134 valence electrons. The standard InChI is InChI=1S/C20H28N4S/c1-16(24-12-10-17-6-3-4-7-18(17)15-24)14-23-20(21-2)22-11-9-19-8-5-13-25-19/h3-8,13,16H,9-12,14-15H2,1-2H3,(H2,21,22,23). The first kappa shape index (κ1) is 18.0. The molecule has 2 N–H and O–H groups in total. The molecule has 3 rings (SSSR count). The molecule has 0 saturated carbocycles. The Morgan fingerprint density at radius 1 is 1.20 bits per heavy atom. The highest BCUT2D eigenvalue weighted by atomic mass is 32.1. The predicted octanol–water partition coefficient (Wildman–Crippen LogP) is 2.90. The van der Waals surface area contributed by atoms with E-state index in [0.29, 0.717) is 6.04 Å². The molecule has 1 aromatic carbocycles. The minimum atomic E-state index is 0.476. The largest absolute Gasteiger partial charge is 0.356 e. The Labute approximate surface area is 155 Å². The van der Waals surface area contributed by atoms with Gasteiger partial charge >= 0.3 is 0 Å². The molecule has 0 fully saturated rings. The van der Waals surface area contributed by atoms with Crippen molar-refractivity contribution in [2.45, 2.75) is 32.4 Å². The molecular formula is C20H28N4S. The van der Waals surface area contributed by atoms with Gasteiger partial charge in [-0.2, -0.15) is 0 Å². The summed E-state index contributed by atoms with van der Waals surface area (Å²) in [6.07, 6.45) is 2.19. The SMILES string of the molecule is CN=C(NCCc1cccs1)NCC(C)N1CCc2ccccc2C1. The van der Waals surface area contributed by atoms with Gasteiger partial charge < -0.3 is 10.6 Å². The van der Waals surface area contributed by atoms with Gasteiger partial charge in [0.05, 0.1) is 0 Å².